The Morgan fingerprint density at radius 1 is 1.39 bits per heavy atom. The minimum absolute atomic E-state index is 0.00540. The van der Waals surface area contributed by atoms with Crippen LogP contribution in [0.4, 0.5) is 0 Å². The van der Waals surface area contributed by atoms with Gasteiger partial charge in [0.25, 0.3) is 5.91 Å². The molecule has 1 aliphatic rings. The maximum absolute atomic E-state index is 12.2. The molecule has 0 aromatic carbocycles. The van der Waals surface area contributed by atoms with Gasteiger partial charge in [-0.25, -0.2) is 4.79 Å². The van der Waals surface area contributed by atoms with E-state index >= 15 is 0 Å². The molecule has 1 saturated heterocycles. The van der Waals surface area contributed by atoms with Crippen molar-refractivity contribution in [2.45, 2.75) is 24.3 Å². The first-order valence-electron chi connectivity index (χ1n) is 5.74. The number of carbonyl (C=O) groups excluding carboxylic acids is 1. The molecule has 0 spiro atoms. The molecule has 1 fully saturated rings. The largest absolute Gasteiger partial charge is 0.478 e. The molecule has 98 valence electrons. The maximum Gasteiger partial charge on any atom is 0.338 e. The molecule has 0 radical (unpaired) electrons. The van der Waals surface area contributed by atoms with Crippen LogP contribution in [-0.4, -0.2) is 45.5 Å². The van der Waals surface area contributed by atoms with Gasteiger partial charge in [0.05, 0.1) is 5.56 Å². The quantitative estimate of drug-likeness (QED) is 0.888. The van der Waals surface area contributed by atoms with Gasteiger partial charge in [0.1, 0.15) is 6.26 Å². The van der Waals surface area contributed by atoms with E-state index in [-0.39, 0.29) is 17.2 Å². The molecule has 2 rings (SSSR count). The number of furan rings is 1. The van der Waals surface area contributed by atoms with Crippen molar-refractivity contribution in [3.63, 3.8) is 0 Å². The molecule has 1 N–H and O–H groups in total. The number of carboxylic acids is 1. The summed E-state index contributed by atoms with van der Waals surface area (Å²) >= 11 is 1.85. The normalized spacial score (nSPS) is 24.0. The van der Waals surface area contributed by atoms with Crippen LogP contribution in [0.25, 0.3) is 0 Å². The van der Waals surface area contributed by atoms with Crippen molar-refractivity contribution in [2.75, 3.05) is 13.1 Å². The van der Waals surface area contributed by atoms with Crippen molar-refractivity contribution in [1.82, 2.24) is 4.90 Å². The smallest absolute Gasteiger partial charge is 0.338 e. The van der Waals surface area contributed by atoms with Gasteiger partial charge >= 0.3 is 5.97 Å². The van der Waals surface area contributed by atoms with E-state index in [0.717, 1.165) is 6.26 Å². The SMILES string of the molecule is CC1CN(C(=O)c2cc(C(=O)O)co2)CC(C)S1. The van der Waals surface area contributed by atoms with E-state index in [0.29, 0.717) is 23.6 Å². The average Bonchev–Trinajstić information content (AvgIpc) is 2.75. The molecule has 1 aromatic rings. The molecule has 1 amide bonds. The first-order chi connectivity index (χ1) is 8.47. The molecule has 2 unspecified atom stereocenters. The summed E-state index contributed by atoms with van der Waals surface area (Å²) in [5.74, 6) is -1.23. The lowest BCUT2D eigenvalue weighted by Crippen LogP contribution is -2.43. The van der Waals surface area contributed by atoms with Crippen molar-refractivity contribution in [1.29, 1.82) is 0 Å². The van der Waals surface area contributed by atoms with Crippen LogP contribution in [0.5, 0.6) is 0 Å². The highest BCUT2D eigenvalue weighted by Gasteiger charge is 2.28. The Hall–Kier alpha value is -1.43. The number of rotatable bonds is 2. The number of hydrogen-bond acceptors (Lipinski definition) is 4. The van der Waals surface area contributed by atoms with E-state index in [2.05, 4.69) is 13.8 Å². The average molecular weight is 269 g/mol. The van der Waals surface area contributed by atoms with Gasteiger partial charge in [0.2, 0.25) is 0 Å². The van der Waals surface area contributed by atoms with Gasteiger partial charge in [-0.05, 0) is 0 Å². The Labute approximate surface area is 109 Å². The molecule has 2 heterocycles. The van der Waals surface area contributed by atoms with Crippen molar-refractivity contribution < 1.29 is 19.1 Å². The van der Waals surface area contributed by atoms with E-state index in [9.17, 15) is 9.59 Å². The van der Waals surface area contributed by atoms with Crippen LogP contribution >= 0.6 is 11.8 Å². The van der Waals surface area contributed by atoms with Gasteiger partial charge in [-0.2, -0.15) is 11.8 Å². The molecule has 6 heteroatoms. The highest BCUT2D eigenvalue weighted by atomic mass is 32.2. The van der Waals surface area contributed by atoms with Crippen LogP contribution in [-0.2, 0) is 0 Å². The summed E-state index contributed by atoms with van der Waals surface area (Å²) in [5.41, 5.74) is 0.00540. The second-order valence-electron chi connectivity index (χ2n) is 4.47. The van der Waals surface area contributed by atoms with Gasteiger partial charge in [0.15, 0.2) is 5.76 Å². The second-order valence-corrected chi connectivity index (χ2v) is 6.35. The molecule has 0 saturated carbocycles. The zero-order chi connectivity index (χ0) is 13.3. The van der Waals surface area contributed by atoms with Crippen LogP contribution in [0.3, 0.4) is 0 Å². The Morgan fingerprint density at radius 2 is 2.00 bits per heavy atom. The van der Waals surface area contributed by atoms with Crippen LogP contribution in [0.1, 0.15) is 34.8 Å². The zero-order valence-electron chi connectivity index (χ0n) is 10.3. The minimum atomic E-state index is -1.09. The van der Waals surface area contributed by atoms with Crippen molar-refractivity contribution >= 4 is 23.6 Å². The summed E-state index contributed by atoms with van der Waals surface area (Å²) in [6.45, 7) is 5.48. The fraction of sp³-hybridized carbons (Fsp3) is 0.500. The Morgan fingerprint density at radius 3 is 2.50 bits per heavy atom. The predicted octanol–water partition coefficient (Wildman–Crippen LogP) is 1.94. The first-order valence-corrected chi connectivity index (χ1v) is 6.68. The summed E-state index contributed by atoms with van der Waals surface area (Å²) in [7, 11) is 0. The van der Waals surface area contributed by atoms with Gasteiger partial charge in [-0.15, -0.1) is 0 Å². The highest BCUT2D eigenvalue weighted by molar-refractivity contribution is 8.00. The third-order valence-corrected chi connectivity index (χ3v) is 3.99. The number of nitrogens with zero attached hydrogens (tertiary/aromatic N) is 1. The van der Waals surface area contributed by atoms with Crippen molar-refractivity contribution in [3.8, 4) is 0 Å². The lowest BCUT2D eigenvalue weighted by molar-refractivity contribution is 0.0693. The molecule has 2 atom stereocenters. The summed E-state index contributed by atoms with van der Waals surface area (Å²) in [6, 6.07) is 1.28. The molecular weight excluding hydrogens is 254 g/mol. The van der Waals surface area contributed by atoms with E-state index in [1.165, 1.54) is 6.07 Å². The van der Waals surface area contributed by atoms with E-state index in [1.807, 2.05) is 11.8 Å². The third kappa shape index (κ3) is 2.69. The summed E-state index contributed by atoms with van der Waals surface area (Å²) in [5, 5.41) is 9.55. The third-order valence-electron chi connectivity index (χ3n) is 2.76. The molecule has 18 heavy (non-hydrogen) atoms. The Bertz CT molecular complexity index is 460. The monoisotopic (exact) mass is 269 g/mol. The topological polar surface area (TPSA) is 70.8 Å². The fourth-order valence-corrected chi connectivity index (χ4v) is 3.39. The van der Waals surface area contributed by atoms with E-state index in [4.69, 9.17) is 9.52 Å². The lowest BCUT2D eigenvalue weighted by Gasteiger charge is -2.34. The standard InChI is InChI=1S/C12H15NO4S/c1-7-4-13(5-8(2)18-7)11(14)10-3-9(6-17-10)12(15)16/h3,6-8H,4-5H2,1-2H3,(H,15,16). The Balaban J connectivity index is 2.12. The predicted molar refractivity (Wildman–Crippen MR) is 68.1 cm³/mol. The number of aromatic carboxylic acids is 1. The summed E-state index contributed by atoms with van der Waals surface area (Å²) < 4.78 is 5.03. The van der Waals surface area contributed by atoms with Crippen molar-refractivity contribution in [3.05, 3.63) is 23.7 Å². The molecule has 1 aromatic heterocycles. The fourth-order valence-electron chi connectivity index (χ4n) is 2.06. The van der Waals surface area contributed by atoms with Crippen LogP contribution < -0.4 is 0 Å². The molecule has 0 bridgehead atoms. The first kappa shape index (κ1) is 13.0. The molecule has 5 nitrogen and oxygen atoms in total. The second kappa shape index (κ2) is 5.06. The maximum atomic E-state index is 12.2. The van der Waals surface area contributed by atoms with E-state index in [1.54, 1.807) is 4.90 Å². The molecule has 0 aliphatic carbocycles. The van der Waals surface area contributed by atoms with Gasteiger partial charge in [-0.1, -0.05) is 13.8 Å². The van der Waals surface area contributed by atoms with Crippen LogP contribution in [0.2, 0.25) is 0 Å². The van der Waals surface area contributed by atoms with E-state index < -0.39 is 5.97 Å². The van der Waals surface area contributed by atoms with Crippen molar-refractivity contribution in [2.24, 2.45) is 0 Å². The Kier molecular flexibility index (Phi) is 3.65. The lowest BCUT2D eigenvalue weighted by atomic mass is 10.2. The number of amides is 1. The zero-order valence-corrected chi connectivity index (χ0v) is 11.1. The van der Waals surface area contributed by atoms with Gasteiger partial charge < -0.3 is 14.4 Å². The molecular formula is C12H15NO4S. The minimum Gasteiger partial charge on any atom is -0.478 e. The van der Waals surface area contributed by atoms with Gasteiger partial charge in [0, 0.05) is 29.7 Å². The number of carboxylic acid groups (broad SMARTS) is 1. The number of hydrogen-bond donors (Lipinski definition) is 1. The van der Waals surface area contributed by atoms with Gasteiger partial charge in [-0.3, -0.25) is 4.79 Å². The number of thioether (sulfide) groups is 1. The summed E-state index contributed by atoms with van der Waals surface area (Å²) in [6.07, 6.45) is 1.10. The van der Waals surface area contributed by atoms with Crippen LogP contribution in [0.15, 0.2) is 16.7 Å². The molecule has 1 aliphatic heterocycles. The highest BCUT2D eigenvalue weighted by Crippen LogP contribution is 2.26. The van der Waals surface area contributed by atoms with Crippen LogP contribution in [0, 0.1) is 0 Å². The number of carbonyl (C=O) groups is 2. The summed E-state index contributed by atoms with van der Waals surface area (Å²) in [4.78, 5) is 24.6.